The number of rotatable bonds is 5. The Morgan fingerprint density at radius 3 is 2.67 bits per heavy atom. The van der Waals surface area contributed by atoms with Crippen molar-refractivity contribution in [3.05, 3.63) is 0 Å². The van der Waals surface area contributed by atoms with Crippen molar-refractivity contribution in [2.24, 2.45) is 5.92 Å². The zero-order valence-electron chi connectivity index (χ0n) is 14.7. The Morgan fingerprint density at radius 2 is 2.00 bits per heavy atom. The van der Waals surface area contributed by atoms with Crippen LogP contribution in [0.3, 0.4) is 0 Å². The molecule has 2 amide bonds. The van der Waals surface area contributed by atoms with Gasteiger partial charge in [-0.1, -0.05) is 0 Å². The summed E-state index contributed by atoms with van der Waals surface area (Å²) in [4.78, 5) is 29.6. The monoisotopic (exact) mass is 338 g/mol. The van der Waals surface area contributed by atoms with Gasteiger partial charge < -0.3 is 19.3 Å². The molecule has 0 radical (unpaired) electrons. The molecule has 3 aliphatic rings. The molecule has 6 heteroatoms. The molecule has 0 saturated carbocycles. The van der Waals surface area contributed by atoms with Crippen molar-refractivity contribution < 1.29 is 19.1 Å². The van der Waals surface area contributed by atoms with Crippen molar-refractivity contribution in [2.75, 3.05) is 39.5 Å². The molecular weight excluding hydrogens is 308 g/mol. The van der Waals surface area contributed by atoms with Gasteiger partial charge >= 0.3 is 0 Å². The van der Waals surface area contributed by atoms with Crippen molar-refractivity contribution in [1.29, 1.82) is 0 Å². The van der Waals surface area contributed by atoms with Gasteiger partial charge in [0.15, 0.2) is 0 Å². The van der Waals surface area contributed by atoms with Crippen LogP contribution >= 0.6 is 0 Å². The molecule has 0 aromatic carbocycles. The van der Waals surface area contributed by atoms with E-state index in [9.17, 15) is 9.59 Å². The number of carbonyl (C=O) groups is 2. The standard InChI is InChI=1S/C18H30N2O4/c1-2-19(12-14-8-11-23-13-14)17(21)15-6-3-4-9-20(15)18(22)16-7-5-10-24-16/h14-16H,2-13H2,1H3/t14-,15+,16+/m0/s1. The second-order valence-electron chi connectivity index (χ2n) is 7.15. The fourth-order valence-electron chi connectivity index (χ4n) is 4.03. The predicted octanol–water partition coefficient (Wildman–Crippen LogP) is 1.43. The minimum Gasteiger partial charge on any atom is -0.381 e. The molecule has 24 heavy (non-hydrogen) atoms. The van der Waals surface area contributed by atoms with Gasteiger partial charge in [-0.15, -0.1) is 0 Å². The molecule has 0 bridgehead atoms. The van der Waals surface area contributed by atoms with Gasteiger partial charge in [-0.05, 0) is 45.4 Å². The molecule has 3 rings (SSSR count). The number of carbonyl (C=O) groups excluding carboxylic acids is 2. The number of hydrogen-bond donors (Lipinski definition) is 0. The molecule has 3 saturated heterocycles. The van der Waals surface area contributed by atoms with Crippen LogP contribution in [0.2, 0.25) is 0 Å². The highest BCUT2D eigenvalue weighted by molar-refractivity contribution is 5.89. The Hall–Kier alpha value is -1.14. The van der Waals surface area contributed by atoms with Gasteiger partial charge in [0, 0.05) is 38.8 Å². The predicted molar refractivity (Wildman–Crippen MR) is 89.5 cm³/mol. The van der Waals surface area contributed by atoms with E-state index < -0.39 is 0 Å². The summed E-state index contributed by atoms with van der Waals surface area (Å²) in [5.41, 5.74) is 0. The van der Waals surface area contributed by atoms with Crippen LogP contribution in [0.1, 0.15) is 45.4 Å². The summed E-state index contributed by atoms with van der Waals surface area (Å²) >= 11 is 0. The van der Waals surface area contributed by atoms with Crippen LogP contribution in [-0.2, 0) is 19.1 Å². The van der Waals surface area contributed by atoms with Crippen molar-refractivity contribution >= 4 is 11.8 Å². The van der Waals surface area contributed by atoms with Crippen LogP contribution in [0, 0.1) is 5.92 Å². The molecule has 0 unspecified atom stereocenters. The van der Waals surface area contributed by atoms with Gasteiger partial charge in [-0.2, -0.15) is 0 Å². The maximum Gasteiger partial charge on any atom is 0.252 e. The summed E-state index contributed by atoms with van der Waals surface area (Å²) in [7, 11) is 0. The van der Waals surface area contributed by atoms with Crippen molar-refractivity contribution in [1.82, 2.24) is 9.80 Å². The number of ether oxygens (including phenoxy) is 2. The zero-order valence-corrected chi connectivity index (χ0v) is 14.7. The third kappa shape index (κ3) is 3.91. The van der Waals surface area contributed by atoms with E-state index in [1.54, 1.807) is 4.90 Å². The first-order valence-corrected chi connectivity index (χ1v) is 9.49. The number of piperidine rings is 1. The van der Waals surface area contributed by atoms with E-state index in [0.29, 0.717) is 25.6 Å². The average molecular weight is 338 g/mol. The molecule has 3 fully saturated rings. The molecular formula is C18H30N2O4. The van der Waals surface area contributed by atoms with E-state index in [1.165, 1.54) is 0 Å². The topological polar surface area (TPSA) is 59.1 Å². The highest BCUT2D eigenvalue weighted by atomic mass is 16.5. The Balaban J connectivity index is 1.65. The number of amides is 2. The number of hydrogen-bond acceptors (Lipinski definition) is 4. The lowest BCUT2D eigenvalue weighted by molar-refractivity contribution is -0.153. The molecule has 0 N–H and O–H groups in total. The largest absolute Gasteiger partial charge is 0.381 e. The van der Waals surface area contributed by atoms with E-state index in [2.05, 4.69) is 0 Å². The lowest BCUT2D eigenvalue weighted by Gasteiger charge is -2.39. The van der Waals surface area contributed by atoms with Gasteiger partial charge in [0.25, 0.3) is 5.91 Å². The fraction of sp³-hybridized carbons (Fsp3) is 0.889. The Kier molecular flexibility index (Phi) is 6.11. The quantitative estimate of drug-likeness (QED) is 0.761. The summed E-state index contributed by atoms with van der Waals surface area (Å²) in [6.07, 6.45) is 5.16. The summed E-state index contributed by atoms with van der Waals surface area (Å²) < 4.78 is 11.0. The van der Waals surface area contributed by atoms with E-state index in [0.717, 1.165) is 58.3 Å². The van der Waals surface area contributed by atoms with Gasteiger partial charge in [0.05, 0.1) is 6.61 Å². The fourth-order valence-corrected chi connectivity index (χ4v) is 4.03. The second kappa shape index (κ2) is 8.30. The first-order valence-electron chi connectivity index (χ1n) is 9.49. The minimum absolute atomic E-state index is 0.0193. The zero-order chi connectivity index (χ0) is 16.9. The molecule has 0 aromatic rings. The first-order chi connectivity index (χ1) is 11.7. The van der Waals surface area contributed by atoms with E-state index in [1.807, 2.05) is 11.8 Å². The highest BCUT2D eigenvalue weighted by Crippen LogP contribution is 2.24. The van der Waals surface area contributed by atoms with Crippen LogP contribution in [-0.4, -0.2) is 73.2 Å². The molecule has 6 nitrogen and oxygen atoms in total. The molecule has 0 aliphatic carbocycles. The number of nitrogens with zero attached hydrogens (tertiary/aromatic N) is 2. The molecule has 136 valence electrons. The average Bonchev–Trinajstić information content (AvgIpc) is 3.32. The lowest BCUT2D eigenvalue weighted by Crippen LogP contribution is -2.55. The third-order valence-electron chi connectivity index (χ3n) is 5.47. The summed E-state index contributed by atoms with van der Waals surface area (Å²) in [6, 6.07) is -0.308. The Labute approximate surface area is 144 Å². The van der Waals surface area contributed by atoms with Crippen molar-refractivity contribution in [3.8, 4) is 0 Å². The van der Waals surface area contributed by atoms with Crippen molar-refractivity contribution in [2.45, 2.75) is 57.6 Å². The van der Waals surface area contributed by atoms with Gasteiger partial charge in [0.2, 0.25) is 5.91 Å². The molecule has 3 aliphatic heterocycles. The molecule has 3 atom stereocenters. The minimum atomic E-state index is -0.336. The van der Waals surface area contributed by atoms with Gasteiger partial charge in [-0.3, -0.25) is 9.59 Å². The maximum atomic E-state index is 13.1. The lowest BCUT2D eigenvalue weighted by atomic mass is 9.98. The van der Waals surface area contributed by atoms with Crippen LogP contribution in [0.15, 0.2) is 0 Å². The normalized spacial score (nSPS) is 30.5. The smallest absolute Gasteiger partial charge is 0.252 e. The van der Waals surface area contributed by atoms with Crippen LogP contribution in [0.25, 0.3) is 0 Å². The molecule has 0 spiro atoms. The molecule has 3 heterocycles. The van der Waals surface area contributed by atoms with Gasteiger partial charge in [0.1, 0.15) is 12.1 Å². The molecule has 0 aromatic heterocycles. The number of likely N-dealkylation sites (N-methyl/N-ethyl adjacent to an activating group) is 1. The van der Waals surface area contributed by atoms with Crippen LogP contribution < -0.4 is 0 Å². The highest BCUT2D eigenvalue weighted by Gasteiger charge is 2.38. The van der Waals surface area contributed by atoms with E-state index in [4.69, 9.17) is 9.47 Å². The number of likely N-dealkylation sites (tertiary alicyclic amines) is 1. The van der Waals surface area contributed by atoms with E-state index in [-0.39, 0.29) is 24.0 Å². The second-order valence-corrected chi connectivity index (χ2v) is 7.15. The van der Waals surface area contributed by atoms with Gasteiger partial charge in [-0.25, -0.2) is 0 Å². The van der Waals surface area contributed by atoms with Crippen LogP contribution in [0.4, 0.5) is 0 Å². The Morgan fingerprint density at radius 1 is 1.12 bits per heavy atom. The summed E-state index contributed by atoms with van der Waals surface area (Å²) in [5, 5.41) is 0. The van der Waals surface area contributed by atoms with Crippen molar-refractivity contribution in [3.63, 3.8) is 0 Å². The summed E-state index contributed by atoms with van der Waals surface area (Å²) in [6.45, 7) is 6.33. The Bertz CT molecular complexity index is 444. The maximum absolute atomic E-state index is 13.1. The SMILES string of the molecule is CCN(C[C@@H]1CCOC1)C(=O)[C@H]1CCCCN1C(=O)[C@H]1CCCO1. The van der Waals surface area contributed by atoms with Crippen LogP contribution in [0.5, 0.6) is 0 Å². The summed E-state index contributed by atoms with van der Waals surface area (Å²) in [5.74, 6) is 0.557. The first kappa shape index (κ1) is 17.7. The third-order valence-corrected chi connectivity index (χ3v) is 5.47. The van der Waals surface area contributed by atoms with E-state index >= 15 is 0 Å².